The number of fused-ring (bicyclic) bond motifs is 2. The van der Waals surface area contributed by atoms with Gasteiger partial charge in [-0.25, -0.2) is 4.98 Å². The summed E-state index contributed by atoms with van der Waals surface area (Å²) in [6.07, 6.45) is 2.09. The summed E-state index contributed by atoms with van der Waals surface area (Å²) in [5.41, 5.74) is 1.46. The molecule has 1 aliphatic heterocycles. The maximum Gasteiger partial charge on any atom is 0.257 e. The standard InChI is InChI=1S/C29H40N4O4S/c1-17(27(36)33-14-12-32(4)13-15-33)21-10-11-29(3)16-22-24(18(2)23(29)25(21)34)30-28(38-22)31-26(35)19-6-8-20(37-5)9-7-19/h6-9,17-18,21,23,25,34H,10-16H2,1-5H3,(H,30,31,35)/p+1/t17-,18-,21-,23+,25-,29-/m0/s1. The maximum atomic E-state index is 13.4. The number of aliphatic hydroxyl groups is 1. The summed E-state index contributed by atoms with van der Waals surface area (Å²) in [5.74, 6) is 0.501. The Bertz CT molecular complexity index is 1180. The molecule has 5 rings (SSSR count). The Balaban J connectivity index is 1.31. The number of quaternary nitrogens is 1. The van der Waals surface area contributed by atoms with Crippen molar-refractivity contribution >= 4 is 28.3 Å². The van der Waals surface area contributed by atoms with Crippen LogP contribution in [0, 0.1) is 23.2 Å². The Kier molecular flexibility index (Phi) is 7.55. The number of benzene rings is 1. The predicted octanol–water partition coefficient (Wildman–Crippen LogP) is 2.45. The van der Waals surface area contributed by atoms with Crippen LogP contribution in [0.5, 0.6) is 5.75 Å². The first-order valence-corrected chi connectivity index (χ1v) is 14.7. The lowest BCUT2D eigenvalue weighted by Crippen LogP contribution is -3.12. The van der Waals surface area contributed by atoms with E-state index in [9.17, 15) is 14.7 Å². The molecule has 0 unspecified atom stereocenters. The van der Waals surface area contributed by atoms with Crippen LogP contribution in [0.15, 0.2) is 24.3 Å². The number of carbonyl (C=O) groups excluding carboxylic acids is 2. The first-order valence-electron chi connectivity index (χ1n) is 13.8. The third kappa shape index (κ3) is 4.96. The second-order valence-electron chi connectivity index (χ2n) is 11.9. The van der Waals surface area contributed by atoms with Crippen molar-refractivity contribution in [2.75, 3.05) is 45.7 Å². The van der Waals surface area contributed by atoms with Crippen molar-refractivity contribution < 1.29 is 24.3 Å². The van der Waals surface area contributed by atoms with Crippen molar-refractivity contribution in [1.29, 1.82) is 0 Å². The smallest absolute Gasteiger partial charge is 0.257 e. The number of methoxy groups -OCH3 is 1. The van der Waals surface area contributed by atoms with Gasteiger partial charge in [0.1, 0.15) is 5.75 Å². The molecule has 8 nitrogen and oxygen atoms in total. The lowest BCUT2D eigenvalue weighted by Gasteiger charge is -2.53. The number of amides is 2. The highest BCUT2D eigenvalue weighted by Gasteiger charge is 2.54. The van der Waals surface area contributed by atoms with E-state index in [4.69, 9.17) is 9.72 Å². The Morgan fingerprint density at radius 2 is 1.95 bits per heavy atom. The van der Waals surface area contributed by atoms with Crippen molar-refractivity contribution in [3.05, 3.63) is 40.4 Å². The van der Waals surface area contributed by atoms with E-state index in [-0.39, 0.29) is 40.9 Å². The van der Waals surface area contributed by atoms with E-state index in [1.54, 1.807) is 42.7 Å². The minimum atomic E-state index is -0.562. The topological polar surface area (TPSA) is 96.2 Å². The van der Waals surface area contributed by atoms with Crippen LogP contribution in [0.4, 0.5) is 5.13 Å². The fourth-order valence-electron chi connectivity index (χ4n) is 7.09. The van der Waals surface area contributed by atoms with E-state index in [1.807, 2.05) is 11.8 Å². The number of aliphatic hydroxyl groups excluding tert-OH is 1. The molecule has 2 amide bonds. The summed E-state index contributed by atoms with van der Waals surface area (Å²) in [4.78, 5) is 35.7. The number of hydrogen-bond donors (Lipinski definition) is 3. The fourth-order valence-corrected chi connectivity index (χ4v) is 8.35. The number of thiazole rings is 1. The molecule has 206 valence electrons. The van der Waals surface area contributed by atoms with Gasteiger partial charge in [-0.2, -0.15) is 0 Å². The molecule has 2 heterocycles. The summed E-state index contributed by atoms with van der Waals surface area (Å²) < 4.78 is 5.18. The number of hydrogen-bond acceptors (Lipinski definition) is 6. The van der Waals surface area contributed by atoms with Gasteiger partial charge in [-0.05, 0) is 60.8 Å². The predicted molar refractivity (Wildman–Crippen MR) is 148 cm³/mol. The summed E-state index contributed by atoms with van der Waals surface area (Å²) >= 11 is 1.54. The van der Waals surface area contributed by atoms with Gasteiger partial charge in [-0.3, -0.25) is 14.9 Å². The largest absolute Gasteiger partial charge is 0.497 e. The molecule has 38 heavy (non-hydrogen) atoms. The molecule has 0 radical (unpaired) electrons. The summed E-state index contributed by atoms with van der Waals surface area (Å²) in [6, 6.07) is 7.01. The van der Waals surface area contributed by atoms with Crippen LogP contribution in [0.3, 0.4) is 0 Å². The lowest BCUT2D eigenvalue weighted by atomic mass is 9.53. The Morgan fingerprint density at radius 3 is 2.61 bits per heavy atom. The van der Waals surface area contributed by atoms with Gasteiger partial charge in [0.15, 0.2) is 5.13 Å². The second-order valence-corrected chi connectivity index (χ2v) is 13.0. The molecule has 2 aromatic rings. The molecular formula is C29H41N4O4S+. The zero-order valence-electron chi connectivity index (χ0n) is 23.1. The number of aromatic nitrogens is 1. The molecule has 2 aliphatic carbocycles. The van der Waals surface area contributed by atoms with E-state index in [0.29, 0.717) is 16.4 Å². The molecule has 9 heteroatoms. The van der Waals surface area contributed by atoms with Gasteiger partial charge in [0.25, 0.3) is 5.91 Å². The Labute approximate surface area is 229 Å². The van der Waals surface area contributed by atoms with Crippen molar-refractivity contribution in [3.8, 4) is 5.75 Å². The number of nitrogens with zero attached hydrogens (tertiary/aromatic N) is 2. The highest BCUT2D eigenvalue weighted by Crippen LogP contribution is 2.57. The SMILES string of the molecule is COc1ccc(C(=O)Nc2nc3c(s2)C[C@]2(C)CC[C@@H]([C@H](C)C(=O)N4CC[NH+](C)CC4)[C@H](O)[C@H]2[C@@H]3C)cc1. The van der Waals surface area contributed by atoms with E-state index >= 15 is 0 Å². The molecule has 2 fully saturated rings. The van der Waals surface area contributed by atoms with Gasteiger partial charge in [-0.1, -0.05) is 20.8 Å². The molecule has 1 saturated heterocycles. The number of nitrogens with one attached hydrogen (secondary N) is 2. The molecule has 1 saturated carbocycles. The number of ether oxygens (including phenoxy) is 1. The fraction of sp³-hybridized carbons (Fsp3) is 0.621. The average molecular weight is 542 g/mol. The molecule has 1 aromatic carbocycles. The molecular weight excluding hydrogens is 500 g/mol. The average Bonchev–Trinajstić information content (AvgIpc) is 3.30. The van der Waals surface area contributed by atoms with Crippen LogP contribution in [0.1, 0.15) is 60.5 Å². The minimum absolute atomic E-state index is 0.0215. The zero-order chi connectivity index (χ0) is 27.2. The number of rotatable bonds is 5. The van der Waals surface area contributed by atoms with Crippen molar-refractivity contribution in [2.24, 2.45) is 23.2 Å². The highest BCUT2D eigenvalue weighted by atomic mass is 32.1. The minimum Gasteiger partial charge on any atom is -0.497 e. The van der Waals surface area contributed by atoms with Crippen LogP contribution in [0.25, 0.3) is 0 Å². The Hall–Kier alpha value is -2.49. The molecule has 1 aromatic heterocycles. The van der Waals surface area contributed by atoms with Gasteiger partial charge in [0, 0.05) is 22.3 Å². The molecule has 0 bridgehead atoms. The lowest BCUT2D eigenvalue weighted by molar-refractivity contribution is -0.883. The first-order chi connectivity index (χ1) is 18.1. The van der Waals surface area contributed by atoms with E-state index in [1.165, 1.54) is 9.78 Å². The van der Waals surface area contributed by atoms with Crippen LogP contribution < -0.4 is 15.0 Å². The van der Waals surface area contributed by atoms with E-state index in [2.05, 4.69) is 26.2 Å². The van der Waals surface area contributed by atoms with Gasteiger partial charge < -0.3 is 19.6 Å². The van der Waals surface area contributed by atoms with Crippen molar-refractivity contribution in [1.82, 2.24) is 9.88 Å². The van der Waals surface area contributed by atoms with Gasteiger partial charge in [0.2, 0.25) is 5.91 Å². The highest BCUT2D eigenvalue weighted by molar-refractivity contribution is 7.15. The maximum absolute atomic E-state index is 13.4. The number of likely N-dealkylation sites (N-methyl/N-ethyl adjacent to an activating group) is 1. The molecule has 0 spiro atoms. The monoisotopic (exact) mass is 541 g/mol. The van der Waals surface area contributed by atoms with E-state index < -0.39 is 6.10 Å². The number of anilines is 1. The zero-order valence-corrected chi connectivity index (χ0v) is 23.9. The van der Waals surface area contributed by atoms with Crippen LogP contribution in [-0.4, -0.2) is 73.2 Å². The third-order valence-electron chi connectivity index (χ3n) is 9.46. The summed E-state index contributed by atoms with van der Waals surface area (Å²) in [7, 11) is 3.77. The van der Waals surface area contributed by atoms with Crippen LogP contribution >= 0.6 is 11.3 Å². The summed E-state index contributed by atoms with van der Waals surface area (Å²) in [5, 5.41) is 15.3. The molecule has 3 aliphatic rings. The van der Waals surface area contributed by atoms with Gasteiger partial charge in [0.05, 0.1) is 52.1 Å². The quantitative estimate of drug-likeness (QED) is 0.541. The van der Waals surface area contributed by atoms with Crippen molar-refractivity contribution in [2.45, 2.75) is 52.1 Å². The summed E-state index contributed by atoms with van der Waals surface area (Å²) in [6.45, 7) is 9.99. The Morgan fingerprint density at radius 1 is 1.26 bits per heavy atom. The van der Waals surface area contributed by atoms with Crippen molar-refractivity contribution in [3.63, 3.8) is 0 Å². The first kappa shape index (κ1) is 27.1. The number of piperazine rings is 1. The van der Waals surface area contributed by atoms with E-state index in [0.717, 1.165) is 51.1 Å². The molecule has 3 N–H and O–H groups in total. The second kappa shape index (κ2) is 10.6. The van der Waals surface area contributed by atoms with Crippen LogP contribution in [0.2, 0.25) is 0 Å². The van der Waals surface area contributed by atoms with Gasteiger partial charge >= 0.3 is 0 Å². The van der Waals surface area contributed by atoms with Gasteiger partial charge in [-0.15, -0.1) is 11.3 Å². The number of carbonyl (C=O) groups is 2. The third-order valence-corrected chi connectivity index (χ3v) is 10.4. The van der Waals surface area contributed by atoms with Crippen LogP contribution in [-0.2, 0) is 11.2 Å². The normalized spacial score (nSPS) is 30.2. The molecule has 6 atom stereocenters.